The molecule has 3 nitrogen and oxygen atoms in total. The third-order valence-corrected chi connectivity index (χ3v) is 4.95. The zero-order chi connectivity index (χ0) is 19.6. The van der Waals surface area contributed by atoms with E-state index in [0.717, 1.165) is 48.1 Å². The molecule has 3 aromatic rings. The smallest absolute Gasteiger partial charge is 0.165 e. The minimum Gasteiger partial charge on any atom is -0.508 e. The Kier molecular flexibility index (Phi) is 5.59. The maximum Gasteiger partial charge on any atom is 0.165 e. The summed E-state index contributed by atoms with van der Waals surface area (Å²) in [7, 11) is 0. The molecule has 5 heteroatoms. The molecule has 0 spiro atoms. The molecule has 0 amide bonds. The van der Waals surface area contributed by atoms with Crippen molar-refractivity contribution in [2.45, 2.75) is 46.1 Å². The SMILES string of the molecule is CCCCn1c(C)c(C(=O)CCc2ccc(F)c(F)c2)c2cc(O)ccc21. The van der Waals surface area contributed by atoms with Crippen LogP contribution in [0.15, 0.2) is 36.4 Å². The highest BCUT2D eigenvalue weighted by atomic mass is 19.2. The highest BCUT2D eigenvalue weighted by molar-refractivity contribution is 6.09. The van der Waals surface area contributed by atoms with Crippen LogP contribution in [-0.2, 0) is 13.0 Å². The summed E-state index contributed by atoms with van der Waals surface area (Å²) >= 11 is 0. The molecule has 0 unspecified atom stereocenters. The number of hydrogen-bond acceptors (Lipinski definition) is 2. The molecule has 0 bridgehead atoms. The van der Waals surface area contributed by atoms with Gasteiger partial charge < -0.3 is 9.67 Å². The van der Waals surface area contributed by atoms with Crippen molar-refractivity contribution in [3.63, 3.8) is 0 Å². The van der Waals surface area contributed by atoms with Gasteiger partial charge in [0.25, 0.3) is 0 Å². The van der Waals surface area contributed by atoms with Crippen LogP contribution in [0.25, 0.3) is 10.9 Å². The van der Waals surface area contributed by atoms with E-state index in [0.29, 0.717) is 17.5 Å². The van der Waals surface area contributed by atoms with E-state index in [9.17, 15) is 18.7 Å². The molecule has 0 fully saturated rings. The molecule has 1 N–H and O–H groups in total. The second kappa shape index (κ2) is 7.91. The summed E-state index contributed by atoms with van der Waals surface area (Å²) in [6.45, 7) is 4.83. The van der Waals surface area contributed by atoms with E-state index in [4.69, 9.17) is 0 Å². The number of unbranched alkanes of at least 4 members (excludes halogenated alkanes) is 1. The fourth-order valence-corrected chi connectivity index (χ4v) is 3.50. The number of phenolic OH excluding ortho intramolecular Hbond substituents is 1. The number of carbonyl (C=O) groups excluding carboxylic acids is 1. The molecule has 0 aliphatic carbocycles. The number of aromatic nitrogens is 1. The van der Waals surface area contributed by atoms with Gasteiger partial charge in [0.1, 0.15) is 5.75 Å². The molecular formula is C22H23F2NO2. The number of fused-ring (bicyclic) bond motifs is 1. The van der Waals surface area contributed by atoms with Crippen molar-refractivity contribution in [2.24, 2.45) is 0 Å². The van der Waals surface area contributed by atoms with Crippen molar-refractivity contribution in [1.29, 1.82) is 0 Å². The topological polar surface area (TPSA) is 42.2 Å². The number of benzene rings is 2. The molecule has 1 aromatic heterocycles. The molecule has 142 valence electrons. The van der Waals surface area contributed by atoms with Gasteiger partial charge in [-0.1, -0.05) is 19.4 Å². The van der Waals surface area contributed by atoms with Crippen LogP contribution in [0.5, 0.6) is 5.75 Å². The van der Waals surface area contributed by atoms with Crippen molar-refractivity contribution >= 4 is 16.7 Å². The molecule has 1 heterocycles. The van der Waals surface area contributed by atoms with Crippen LogP contribution in [0.4, 0.5) is 8.78 Å². The predicted octanol–water partition coefficient (Wildman–Crippen LogP) is 5.55. The molecule has 0 saturated carbocycles. The van der Waals surface area contributed by atoms with Crippen molar-refractivity contribution in [3.8, 4) is 5.75 Å². The van der Waals surface area contributed by atoms with Gasteiger partial charge in [0.2, 0.25) is 0 Å². The highest BCUT2D eigenvalue weighted by Gasteiger charge is 2.20. The van der Waals surface area contributed by atoms with E-state index in [1.54, 1.807) is 12.1 Å². The fraction of sp³-hybridized carbons (Fsp3) is 0.318. The van der Waals surface area contributed by atoms with Gasteiger partial charge in [-0.15, -0.1) is 0 Å². The van der Waals surface area contributed by atoms with Crippen LogP contribution in [0.3, 0.4) is 0 Å². The lowest BCUT2D eigenvalue weighted by atomic mass is 10.00. The van der Waals surface area contributed by atoms with Crippen LogP contribution in [0.2, 0.25) is 0 Å². The van der Waals surface area contributed by atoms with Gasteiger partial charge in [-0.25, -0.2) is 8.78 Å². The van der Waals surface area contributed by atoms with E-state index >= 15 is 0 Å². The normalized spacial score (nSPS) is 11.3. The average molecular weight is 371 g/mol. The molecule has 0 aliphatic heterocycles. The van der Waals surface area contributed by atoms with Crippen molar-refractivity contribution in [1.82, 2.24) is 4.57 Å². The number of ketones is 1. The summed E-state index contributed by atoms with van der Waals surface area (Å²) in [5.41, 5.74) is 2.98. The number of rotatable bonds is 7. The summed E-state index contributed by atoms with van der Waals surface area (Å²) in [5, 5.41) is 10.6. The Morgan fingerprint density at radius 3 is 2.59 bits per heavy atom. The first kappa shape index (κ1) is 19.1. The number of halogens is 2. The number of carbonyl (C=O) groups is 1. The Labute approximate surface area is 157 Å². The van der Waals surface area contributed by atoms with Crippen LogP contribution in [0, 0.1) is 18.6 Å². The summed E-state index contributed by atoms with van der Waals surface area (Å²) in [6.07, 6.45) is 2.55. The quantitative estimate of drug-likeness (QED) is 0.553. The third kappa shape index (κ3) is 3.87. The number of hydrogen-bond donors (Lipinski definition) is 1. The van der Waals surface area contributed by atoms with E-state index < -0.39 is 11.6 Å². The van der Waals surface area contributed by atoms with Crippen LogP contribution >= 0.6 is 0 Å². The maximum absolute atomic E-state index is 13.4. The van der Waals surface area contributed by atoms with Gasteiger partial charge in [-0.3, -0.25) is 4.79 Å². The Morgan fingerprint density at radius 1 is 1.11 bits per heavy atom. The predicted molar refractivity (Wildman–Crippen MR) is 102 cm³/mol. The monoisotopic (exact) mass is 371 g/mol. The zero-order valence-electron chi connectivity index (χ0n) is 15.6. The maximum atomic E-state index is 13.4. The van der Waals surface area contributed by atoms with Crippen LogP contribution < -0.4 is 0 Å². The Hall–Kier alpha value is -2.69. The number of Topliss-reactive ketones (excluding diaryl/α,β-unsaturated/α-hetero) is 1. The lowest BCUT2D eigenvalue weighted by molar-refractivity contribution is 0.0983. The number of nitrogens with zero attached hydrogens (tertiary/aromatic N) is 1. The van der Waals surface area contributed by atoms with Crippen molar-refractivity contribution < 1.29 is 18.7 Å². The lowest BCUT2D eigenvalue weighted by Gasteiger charge is -2.08. The van der Waals surface area contributed by atoms with Gasteiger partial charge in [-0.2, -0.15) is 0 Å². The second-order valence-corrected chi connectivity index (χ2v) is 6.84. The van der Waals surface area contributed by atoms with E-state index in [2.05, 4.69) is 11.5 Å². The summed E-state index contributed by atoms with van der Waals surface area (Å²) in [5.74, 6) is -1.75. The standard InChI is InChI=1S/C22H23F2NO2/c1-3-4-11-25-14(2)22(17-13-16(26)7-9-20(17)25)21(27)10-6-15-5-8-18(23)19(24)12-15/h5,7-9,12-13,26H,3-4,6,10-11H2,1-2H3. The van der Waals surface area contributed by atoms with Crippen LogP contribution in [0.1, 0.15) is 47.8 Å². The number of aryl methyl sites for hydroxylation is 2. The fourth-order valence-electron chi connectivity index (χ4n) is 3.50. The first-order valence-electron chi connectivity index (χ1n) is 9.21. The van der Waals surface area contributed by atoms with Gasteiger partial charge in [-0.05, 0) is 55.7 Å². The minimum atomic E-state index is -0.905. The van der Waals surface area contributed by atoms with E-state index in [1.807, 2.05) is 13.0 Å². The summed E-state index contributed by atoms with van der Waals surface area (Å²) in [4.78, 5) is 12.9. The Balaban J connectivity index is 1.92. The van der Waals surface area contributed by atoms with E-state index in [-0.39, 0.29) is 18.0 Å². The first-order valence-corrected chi connectivity index (χ1v) is 9.21. The van der Waals surface area contributed by atoms with Crippen LogP contribution in [-0.4, -0.2) is 15.5 Å². The zero-order valence-corrected chi connectivity index (χ0v) is 15.6. The van der Waals surface area contributed by atoms with Crippen molar-refractivity contribution in [3.05, 3.63) is 64.9 Å². The first-order chi connectivity index (χ1) is 12.9. The number of aromatic hydroxyl groups is 1. The molecule has 3 rings (SSSR count). The second-order valence-electron chi connectivity index (χ2n) is 6.84. The lowest BCUT2D eigenvalue weighted by Crippen LogP contribution is -2.06. The summed E-state index contributed by atoms with van der Waals surface area (Å²) in [6, 6.07) is 8.78. The van der Waals surface area contributed by atoms with E-state index in [1.165, 1.54) is 6.07 Å². The van der Waals surface area contributed by atoms with Gasteiger partial charge >= 0.3 is 0 Å². The van der Waals surface area contributed by atoms with Gasteiger partial charge in [0.05, 0.1) is 0 Å². The third-order valence-electron chi connectivity index (χ3n) is 4.95. The molecule has 0 radical (unpaired) electrons. The average Bonchev–Trinajstić information content (AvgIpc) is 2.91. The molecule has 0 aliphatic rings. The highest BCUT2D eigenvalue weighted by Crippen LogP contribution is 2.30. The molecule has 0 atom stereocenters. The Morgan fingerprint density at radius 2 is 1.89 bits per heavy atom. The Bertz CT molecular complexity index is 992. The minimum absolute atomic E-state index is 0.0666. The molecular weight excluding hydrogens is 348 g/mol. The molecule has 0 saturated heterocycles. The summed E-state index contributed by atoms with van der Waals surface area (Å²) < 4.78 is 28.6. The number of phenols is 1. The van der Waals surface area contributed by atoms with Gasteiger partial charge in [0.15, 0.2) is 17.4 Å². The largest absolute Gasteiger partial charge is 0.508 e. The molecule has 2 aromatic carbocycles. The molecule has 27 heavy (non-hydrogen) atoms. The van der Waals surface area contributed by atoms with Gasteiger partial charge in [0, 0.05) is 35.1 Å². The van der Waals surface area contributed by atoms with Crippen molar-refractivity contribution in [2.75, 3.05) is 0 Å².